The molecule has 1 aromatic heterocycles. The van der Waals surface area contributed by atoms with Crippen LogP contribution in [0.4, 0.5) is 5.69 Å². The maximum absolute atomic E-state index is 10.5. The molecule has 0 saturated carbocycles. The second-order valence-electron chi connectivity index (χ2n) is 8.84. The van der Waals surface area contributed by atoms with Crippen LogP contribution in [0.25, 0.3) is 43.7 Å². The summed E-state index contributed by atoms with van der Waals surface area (Å²) in [6.07, 6.45) is 3.57. The van der Waals surface area contributed by atoms with Gasteiger partial charge in [-0.3, -0.25) is 0 Å². The standard InChI is InChI=1S/C29H21Br2N3/c30-19-13-25(31)22-15-23-26(33-27(22)14-19)10-9-20-21(18-7-3-1-4-8-18)16-28(24(17-32)29(20)23)34-11-5-2-6-12-34/h1,3-4,7-10,13-16H,2,5-6,11-12H2. The molecule has 1 fully saturated rings. The Labute approximate surface area is 215 Å². The molecule has 166 valence electrons. The maximum Gasteiger partial charge on any atom is 0.102 e. The van der Waals surface area contributed by atoms with Crippen LogP contribution >= 0.6 is 31.9 Å². The molecule has 0 atom stereocenters. The van der Waals surface area contributed by atoms with E-state index in [-0.39, 0.29) is 0 Å². The third kappa shape index (κ3) is 3.57. The lowest BCUT2D eigenvalue weighted by Crippen LogP contribution is -2.30. The minimum atomic E-state index is 0.747. The second kappa shape index (κ2) is 8.69. The summed E-state index contributed by atoms with van der Waals surface area (Å²) in [4.78, 5) is 7.38. The van der Waals surface area contributed by atoms with Gasteiger partial charge in [0.25, 0.3) is 0 Å². The number of hydrogen-bond donors (Lipinski definition) is 0. The van der Waals surface area contributed by atoms with Crippen LogP contribution in [-0.2, 0) is 0 Å². The highest BCUT2D eigenvalue weighted by atomic mass is 79.9. The number of benzene rings is 4. The van der Waals surface area contributed by atoms with E-state index in [9.17, 15) is 5.26 Å². The number of halogens is 2. The van der Waals surface area contributed by atoms with Crippen molar-refractivity contribution in [2.45, 2.75) is 19.3 Å². The third-order valence-corrected chi connectivity index (χ3v) is 7.91. The first-order valence-electron chi connectivity index (χ1n) is 11.5. The molecule has 1 aliphatic rings. The van der Waals surface area contributed by atoms with E-state index >= 15 is 0 Å². The van der Waals surface area contributed by atoms with Crippen molar-refractivity contribution in [2.24, 2.45) is 0 Å². The second-order valence-corrected chi connectivity index (χ2v) is 10.6. The van der Waals surface area contributed by atoms with Gasteiger partial charge in [-0.05, 0) is 66.1 Å². The van der Waals surface area contributed by atoms with Crippen LogP contribution in [0.2, 0.25) is 0 Å². The van der Waals surface area contributed by atoms with Gasteiger partial charge in [0.1, 0.15) is 6.07 Å². The molecule has 0 N–H and O–H groups in total. The first-order valence-corrected chi connectivity index (χ1v) is 13.1. The summed E-state index contributed by atoms with van der Waals surface area (Å²) in [5, 5.41) is 14.6. The van der Waals surface area contributed by atoms with Gasteiger partial charge in [0.15, 0.2) is 0 Å². The number of anilines is 1. The van der Waals surface area contributed by atoms with Crippen molar-refractivity contribution >= 4 is 70.1 Å². The number of pyridine rings is 1. The molecule has 0 amide bonds. The first-order chi connectivity index (χ1) is 16.6. The molecule has 1 saturated heterocycles. The van der Waals surface area contributed by atoms with Crippen molar-refractivity contribution in [3.8, 4) is 17.2 Å². The van der Waals surface area contributed by atoms with Crippen LogP contribution in [-0.4, -0.2) is 18.1 Å². The van der Waals surface area contributed by atoms with Gasteiger partial charge in [0.2, 0.25) is 0 Å². The summed E-state index contributed by atoms with van der Waals surface area (Å²) >= 11 is 7.30. The van der Waals surface area contributed by atoms with E-state index in [0.29, 0.717) is 0 Å². The molecule has 5 heteroatoms. The highest BCUT2D eigenvalue weighted by Gasteiger charge is 2.21. The number of nitrogens with zero attached hydrogens (tertiary/aromatic N) is 3. The van der Waals surface area contributed by atoms with Gasteiger partial charge in [-0.25, -0.2) is 4.98 Å². The van der Waals surface area contributed by atoms with Crippen molar-refractivity contribution in [1.82, 2.24) is 4.98 Å². The topological polar surface area (TPSA) is 39.9 Å². The van der Waals surface area contributed by atoms with E-state index in [0.717, 1.165) is 89.8 Å². The van der Waals surface area contributed by atoms with E-state index in [1.54, 1.807) is 0 Å². The molecule has 0 bridgehead atoms. The minimum absolute atomic E-state index is 0.747. The van der Waals surface area contributed by atoms with Gasteiger partial charge in [-0.2, -0.15) is 5.26 Å². The Bertz CT molecular complexity index is 1610. The van der Waals surface area contributed by atoms with Crippen LogP contribution in [0.3, 0.4) is 0 Å². The van der Waals surface area contributed by atoms with Crippen molar-refractivity contribution in [3.63, 3.8) is 0 Å². The van der Waals surface area contributed by atoms with Gasteiger partial charge in [-0.15, -0.1) is 0 Å². The SMILES string of the molecule is N#Cc1c(N2CCCCC2)cc(-c2ccccc2)c2ccc3nc4cc(Br)cc(Br)c4cc3c12. The molecule has 0 aliphatic carbocycles. The molecule has 0 spiro atoms. The Morgan fingerprint density at radius 2 is 1.59 bits per heavy atom. The fourth-order valence-electron chi connectivity index (χ4n) is 5.20. The van der Waals surface area contributed by atoms with E-state index < -0.39 is 0 Å². The lowest BCUT2D eigenvalue weighted by Gasteiger charge is -2.31. The summed E-state index contributed by atoms with van der Waals surface area (Å²) in [5.74, 6) is 0. The maximum atomic E-state index is 10.5. The number of aromatic nitrogens is 1. The zero-order chi connectivity index (χ0) is 23.2. The molecule has 0 radical (unpaired) electrons. The van der Waals surface area contributed by atoms with E-state index in [1.165, 1.54) is 6.42 Å². The molecular formula is C29H21Br2N3. The molecule has 5 aromatic rings. The molecule has 4 aromatic carbocycles. The third-order valence-electron chi connectivity index (χ3n) is 6.80. The predicted octanol–water partition coefficient (Wildman–Crippen LogP) is 8.60. The van der Waals surface area contributed by atoms with Crippen molar-refractivity contribution < 1.29 is 0 Å². The Kier molecular flexibility index (Phi) is 5.51. The van der Waals surface area contributed by atoms with Gasteiger partial charge >= 0.3 is 0 Å². The Balaban J connectivity index is 1.77. The number of fused-ring (bicyclic) bond motifs is 4. The van der Waals surface area contributed by atoms with Crippen LogP contribution in [0.5, 0.6) is 0 Å². The van der Waals surface area contributed by atoms with Crippen molar-refractivity contribution in [2.75, 3.05) is 18.0 Å². The quantitative estimate of drug-likeness (QED) is 0.157. The lowest BCUT2D eigenvalue weighted by molar-refractivity contribution is 0.578. The average molecular weight is 571 g/mol. The predicted molar refractivity (Wildman–Crippen MR) is 148 cm³/mol. The Morgan fingerprint density at radius 3 is 2.35 bits per heavy atom. The summed E-state index contributed by atoms with van der Waals surface area (Å²) in [5.41, 5.74) is 5.92. The van der Waals surface area contributed by atoms with E-state index in [4.69, 9.17) is 4.98 Å². The number of piperidine rings is 1. The molecule has 34 heavy (non-hydrogen) atoms. The molecule has 1 aliphatic heterocycles. The number of hydrogen-bond acceptors (Lipinski definition) is 3. The largest absolute Gasteiger partial charge is 0.370 e. The Morgan fingerprint density at radius 1 is 0.794 bits per heavy atom. The van der Waals surface area contributed by atoms with Gasteiger partial charge in [-0.1, -0.05) is 68.3 Å². The van der Waals surface area contributed by atoms with Crippen molar-refractivity contribution in [3.05, 3.63) is 81.2 Å². The van der Waals surface area contributed by atoms with Crippen LogP contribution in [0.1, 0.15) is 24.8 Å². The van der Waals surface area contributed by atoms with Crippen LogP contribution in [0.15, 0.2) is 75.7 Å². The minimum Gasteiger partial charge on any atom is -0.370 e. The fraction of sp³-hybridized carbons (Fsp3) is 0.172. The number of nitriles is 1. The summed E-state index contributed by atoms with van der Waals surface area (Å²) < 4.78 is 1.97. The Hall–Kier alpha value is -2.94. The van der Waals surface area contributed by atoms with Crippen LogP contribution in [0, 0.1) is 11.3 Å². The normalized spacial score (nSPS) is 14.1. The van der Waals surface area contributed by atoms with Gasteiger partial charge < -0.3 is 4.90 Å². The molecule has 2 heterocycles. The fourth-order valence-corrected chi connectivity index (χ4v) is 6.51. The highest BCUT2D eigenvalue weighted by Crippen LogP contribution is 2.42. The first kappa shape index (κ1) is 21.6. The zero-order valence-corrected chi connectivity index (χ0v) is 21.7. The molecule has 3 nitrogen and oxygen atoms in total. The molecule has 0 unspecified atom stereocenters. The average Bonchev–Trinajstić information content (AvgIpc) is 2.87. The van der Waals surface area contributed by atoms with E-state index in [1.807, 2.05) is 18.2 Å². The zero-order valence-electron chi connectivity index (χ0n) is 18.5. The van der Waals surface area contributed by atoms with Gasteiger partial charge in [0, 0.05) is 38.2 Å². The van der Waals surface area contributed by atoms with Crippen molar-refractivity contribution in [1.29, 1.82) is 5.26 Å². The van der Waals surface area contributed by atoms with Crippen LogP contribution < -0.4 is 4.90 Å². The molecule has 6 rings (SSSR count). The molecular weight excluding hydrogens is 550 g/mol. The highest BCUT2D eigenvalue weighted by molar-refractivity contribution is 9.11. The summed E-state index contributed by atoms with van der Waals surface area (Å²) in [6.45, 7) is 1.97. The monoisotopic (exact) mass is 569 g/mol. The summed E-state index contributed by atoms with van der Waals surface area (Å²) in [6, 6.07) is 25.8. The lowest BCUT2D eigenvalue weighted by atomic mass is 9.90. The smallest absolute Gasteiger partial charge is 0.102 e. The van der Waals surface area contributed by atoms with E-state index in [2.05, 4.69) is 91.4 Å². The summed E-state index contributed by atoms with van der Waals surface area (Å²) in [7, 11) is 0. The van der Waals surface area contributed by atoms with Gasteiger partial charge in [0.05, 0.1) is 22.3 Å². The number of rotatable bonds is 2.